The third-order valence-corrected chi connectivity index (χ3v) is 8.27. The maximum atomic E-state index is 12.5. The molecule has 2 aromatic rings. The molecule has 7 nitrogen and oxygen atoms in total. The van der Waals surface area contributed by atoms with E-state index in [1.54, 1.807) is 18.3 Å². The standard InChI is InChI=1S/C22H28ClN3O4S/c1-2-15-31(29,30)26-13-10-22(11-14-26,20-9-5-6-12-24-20)17-25(21(27)28)16-18-7-3-4-8-19(18)23/h3-9,12H,2,10-11,13-17H2,1H3,(H,27,28). The molecule has 1 aromatic carbocycles. The van der Waals surface area contributed by atoms with E-state index >= 15 is 0 Å². The lowest BCUT2D eigenvalue weighted by molar-refractivity contribution is 0.111. The molecule has 31 heavy (non-hydrogen) atoms. The van der Waals surface area contributed by atoms with Crippen molar-refractivity contribution in [1.29, 1.82) is 0 Å². The Kier molecular flexibility index (Phi) is 7.56. The molecule has 168 valence electrons. The largest absolute Gasteiger partial charge is 0.465 e. The molecule has 2 heterocycles. The third-order valence-electron chi connectivity index (χ3n) is 5.83. The Bertz CT molecular complexity index is 993. The first-order valence-corrected chi connectivity index (χ1v) is 12.4. The van der Waals surface area contributed by atoms with Gasteiger partial charge in [0, 0.05) is 42.0 Å². The Balaban J connectivity index is 1.88. The Morgan fingerprint density at radius 2 is 1.87 bits per heavy atom. The van der Waals surface area contributed by atoms with Gasteiger partial charge in [0.05, 0.1) is 12.3 Å². The normalized spacial score (nSPS) is 16.7. The number of sulfonamides is 1. The van der Waals surface area contributed by atoms with E-state index in [1.165, 1.54) is 9.21 Å². The molecule has 0 bridgehead atoms. The quantitative estimate of drug-likeness (QED) is 0.636. The molecule has 1 aliphatic rings. The number of carboxylic acid groups (broad SMARTS) is 1. The molecule has 0 atom stereocenters. The summed E-state index contributed by atoms with van der Waals surface area (Å²) in [7, 11) is -3.30. The number of nitrogens with zero attached hydrogens (tertiary/aromatic N) is 3. The fourth-order valence-electron chi connectivity index (χ4n) is 4.14. The molecule has 0 radical (unpaired) electrons. The number of aromatic nitrogens is 1. The van der Waals surface area contributed by atoms with Gasteiger partial charge in [-0.15, -0.1) is 0 Å². The maximum Gasteiger partial charge on any atom is 0.407 e. The smallest absolute Gasteiger partial charge is 0.407 e. The SMILES string of the molecule is CCCS(=O)(=O)N1CCC(CN(Cc2ccccc2Cl)C(=O)O)(c2ccccn2)CC1. The third kappa shape index (κ3) is 5.56. The lowest BCUT2D eigenvalue weighted by Gasteiger charge is -2.43. The number of pyridine rings is 1. The second-order valence-electron chi connectivity index (χ2n) is 7.94. The van der Waals surface area contributed by atoms with E-state index in [9.17, 15) is 18.3 Å². The predicted molar refractivity (Wildman–Crippen MR) is 121 cm³/mol. The number of rotatable bonds is 8. The zero-order valence-corrected chi connectivity index (χ0v) is 19.1. The lowest BCUT2D eigenvalue weighted by Crippen LogP contribution is -2.51. The van der Waals surface area contributed by atoms with Gasteiger partial charge in [-0.25, -0.2) is 17.5 Å². The van der Waals surface area contributed by atoms with Crippen LogP contribution >= 0.6 is 11.6 Å². The highest BCUT2D eigenvalue weighted by Gasteiger charge is 2.42. The zero-order valence-electron chi connectivity index (χ0n) is 17.6. The van der Waals surface area contributed by atoms with Gasteiger partial charge in [0.25, 0.3) is 0 Å². The van der Waals surface area contributed by atoms with Crippen LogP contribution in [0.5, 0.6) is 0 Å². The van der Waals surface area contributed by atoms with Crippen LogP contribution in [0.4, 0.5) is 4.79 Å². The number of hydrogen-bond donors (Lipinski definition) is 1. The summed E-state index contributed by atoms with van der Waals surface area (Å²) in [5.74, 6) is 0.122. The molecular formula is C22H28ClN3O4S. The van der Waals surface area contributed by atoms with Crippen LogP contribution in [0.15, 0.2) is 48.7 Å². The van der Waals surface area contributed by atoms with Crippen LogP contribution in [-0.2, 0) is 22.0 Å². The molecule has 1 aromatic heterocycles. The van der Waals surface area contributed by atoms with E-state index in [0.29, 0.717) is 37.4 Å². The highest BCUT2D eigenvalue weighted by molar-refractivity contribution is 7.89. The van der Waals surface area contributed by atoms with E-state index in [-0.39, 0.29) is 18.8 Å². The van der Waals surface area contributed by atoms with Gasteiger partial charge >= 0.3 is 6.09 Å². The molecule has 0 saturated carbocycles. The van der Waals surface area contributed by atoms with Crippen molar-refractivity contribution in [1.82, 2.24) is 14.2 Å². The molecule has 1 fully saturated rings. The number of carbonyl (C=O) groups is 1. The van der Waals surface area contributed by atoms with Gasteiger partial charge in [0.1, 0.15) is 0 Å². The van der Waals surface area contributed by atoms with Crippen LogP contribution < -0.4 is 0 Å². The molecule has 0 spiro atoms. The minimum atomic E-state index is -3.30. The van der Waals surface area contributed by atoms with Crippen molar-refractivity contribution in [2.45, 2.75) is 38.1 Å². The minimum absolute atomic E-state index is 0.122. The zero-order chi connectivity index (χ0) is 22.5. The lowest BCUT2D eigenvalue weighted by atomic mass is 9.75. The van der Waals surface area contributed by atoms with Gasteiger partial charge in [0.2, 0.25) is 10.0 Å². The van der Waals surface area contributed by atoms with E-state index in [4.69, 9.17) is 11.6 Å². The topological polar surface area (TPSA) is 90.8 Å². The van der Waals surface area contributed by atoms with Crippen LogP contribution in [-0.4, -0.2) is 59.2 Å². The van der Waals surface area contributed by atoms with Crippen molar-refractivity contribution in [2.24, 2.45) is 0 Å². The average molecular weight is 466 g/mol. The molecule has 1 aliphatic heterocycles. The molecule has 1 N–H and O–H groups in total. The summed E-state index contributed by atoms with van der Waals surface area (Å²) in [4.78, 5) is 18.0. The van der Waals surface area contributed by atoms with Crippen molar-refractivity contribution in [3.05, 3.63) is 64.9 Å². The number of benzene rings is 1. The van der Waals surface area contributed by atoms with Crippen molar-refractivity contribution < 1.29 is 18.3 Å². The van der Waals surface area contributed by atoms with Gasteiger partial charge < -0.3 is 10.0 Å². The summed E-state index contributed by atoms with van der Waals surface area (Å²) in [5, 5.41) is 10.4. The minimum Gasteiger partial charge on any atom is -0.465 e. The Hall–Kier alpha value is -2.16. The van der Waals surface area contributed by atoms with Gasteiger partial charge in [-0.1, -0.05) is 42.8 Å². The second kappa shape index (κ2) is 9.97. The predicted octanol–water partition coefficient (Wildman–Crippen LogP) is 3.99. The monoisotopic (exact) mass is 465 g/mol. The van der Waals surface area contributed by atoms with Crippen LogP contribution in [0.25, 0.3) is 0 Å². The first-order chi connectivity index (χ1) is 14.8. The molecule has 1 amide bonds. The highest BCUT2D eigenvalue weighted by atomic mass is 35.5. The number of amides is 1. The van der Waals surface area contributed by atoms with Crippen molar-refractivity contribution in [3.8, 4) is 0 Å². The van der Waals surface area contributed by atoms with Crippen LogP contribution in [0.1, 0.15) is 37.4 Å². The Labute approximate surface area is 188 Å². The summed E-state index contributed by atoms with van der Waals surface area (Å²) in [6, 6.07) is 12.8. The van der Waals surface area contributed by atoms with E-state index in [1.807, 2.05) is 37.3 Å². The Morgan fingerprint density at radius 1 is 1.19 bits per heavy atom. The molecule has 9 heteroatoms. The summed E-state index contributed by atoms with van der Waals surface area (Å²) in [5.41, 5.74) is 0.942. The highest BCUT2D eigenvalue weighted by Crippen LogP contribution is 2.37. The fraction of sp³-hybridized carbons (Fsp3) is 0.455. The number of piperidine rings is 1. The van der Waals surface area contributed by atoms with E-state index in [2.05, 4.69) is 4.98 Å². The van der Waals surface area contributed by atoms with Gasteiger partial charge in [-0.2, -0.15) is 0 Å². The first kappa shape index (κ1) is 23.5. The Morgan fingerprint density at radius 3 is 2.45 bits per heavy atom. The first-order valence-electron chi connectivity index (χ1n) is 10.4. The van der Waals surface area contributed by atoms with Crippen molar-refractivity contribution >= 4 is 27.7 Å². The maximum absolute atomic E-state index is 12.5. The van der Waals surface area contributed by atoms with Crippen LogP contribution in [0.2, 0.25) is 5.02 Å². The van der Waals surface area contributed by atoms with Crippen molar-refractivity contribution in [3.63, 3.8) is 0 Å². The van der Waals surface area contributed by atoms with E-state index < -0.39 is 21.5 Å². The molecular weight excluding hydrogens is 438 g/mol. The van der Waals surface area contributed by atoms with Gasteiger partial charge in [0.15, 0.2) is 0 Å². The van der Waals surface area contributed by atoms with E-state index in [0.717, 1.165) is 11.3 Å². The fourth-order valence-corrected chi connectivity index (χ4v) is 5.85. The van der Waals surface area contributed by atoms with Crippen LogP contribution in [0.3, 0.4) is 0 Å². The second-order valence-corrected chi connectivity index (χ2v) is 10.4. The van der Waals surface area contributed by atoms with Gasteiger partial charge in [-0.3, -0.25) is 4.98 Å². The molecule has 0 aliphatic carbocycles. The summed E-state index contributed by atoms with van der Waals surface area (Å²) in [6.07, 6.45) is 2.21. The molecule has 3 rings (SSSR count). The summed E-state index contributed by atoms with van der Waals surface area (Å²) >= 11 is 6.26. The molecule has 0 unspecified atom stereocenters. The summed E-state index contributed by atoms with van der Waals surface area (Å²) in [6.45, 7) is 2.91. The number of halogens is 1. The molecule has 1 saturated heterocycles. The van der Waals surface area contributed by atoms with Gasteiger partial charge in [-0.05, 0) is 43.0 Å². The summed E-state index contributed by atoms with van der Waals surface area (Å²) < 4.78 is 26.6. The van der Waals surface area contributed by atoms with Crippen LogP contribution in [0, 0.1) is 0 Å². The van der Waals surface area contributed by atoms with Crippen molar-refractivity contribution in [2.75, 3.05) is 25.4 Å². The number of hydrogen-bond acceptors (Lipinski definition) is 4. The average Bonchev–Trinajstić information content (AvgIpc) is 2.75.